The van der Waals surface area contributed by atoms with Crippen LogP contribution in [0.4, 0.5) is 0 Å². The third kappa shape index (κ3) is 1.31. The summed E-state index contributed by atoms with van der Waals surface area (Å²) in [5.74, 6) is 0.326. The summed E-state index contributed by atoms with van der Waals surface area (Å²) in [5, 5.41) is 18.9. The molecular weight excluding hydrogens is 164 g/mol. The molecule has 1 aliphatic rings. The van der Waals surface area contributed by atoms with Crippen LogP contribution in [0.25, 0.3) is 0 Å². The van der Waals surface area contributed by atoms with Crippen molar-refractivity contribution in [2.24, 2.45) is 0 Å². The van der Waals surface area contributed by atoms with Gasteiger partial charge in [-0.2, -0.15) is 0 Å². The van der Waals surface area contributed by atoms with Crippen LogP contribution in [-0.2, 0) is 5.41 Å². The molecule has 70 valence electrons. The molecule has 1 aromatic rings. The number of aliphatic hydroxyl groups is 1. The average molecular weight is 178 g/mol. The summed E-state index contributed by atoms with van der Waals surface area (Å²) >= 11 is 0. The third-order valence-corrected chi connectivity index (χ3v) is 2.88. The Morgan fingerprint density at radius 3 is 2.54 bits per heavy atom. The number of aryl methyl sites for hydroxylation is 1. The highest BCUT2D eigenvalue weighted by Gasteiger charge is 2.45. The minimum absolute atomic E-state index is 0.127. The Balaban J connectivity index is 2.41. The van der Waals surface area contributed by atoms with Crippen LogP contribution in [0.5, 0.6) is 5.75 Å². The minimum Gasteiger partial charge on any atom is -0.508 e. The van der Waals surface area contributed by atoms with Crippen molar-refractivity contribution < 1.29 is 10.2 Å². The van der Waals surface area contributed by atoms with E-state index in [0.717, 1.165) is 24.0 Å². The molecule has 0 radical (unpaired) electrons. The summed E-state index contributed by atoms with van der Waals surface area (Å²) in [6.45, 7) is 2.09. The van der Waals surface area contributed by atoms with Crippen molar-refractivity contribution in [1.29, 1.82) is 0 Å². The van der Waals surface area contributed by atoms with Gasteiger partial charge in [0.25, 0.3) is 0 Å². The molecular formula is C11H14O2. The highest BCUT2D eigenvalue weighted by Crippen LogP contribution is 2.50. The molecule has 0 unspecified atom stereocenters. The Morgan fingerprint density at radius 2 is 2.08 bits per heavy atom. The number of aromatic hydroxyl groups is 1. The maximum absolute atomic E-state index is 9.69. The molecule has 0 heterocycles. The first-order valence-electron chi connectivity index (χ1n) is 4.59. The molecule has 2 rings (SSSR count). The van der Waals surface area contributed by atoms with Crippen molar-refractivity contribution >= 4 is 0 Å². The van der Waals surface area contributed by atoms with Crippen LogP contribution in [-0.4, -0.2) is 16.8 Å². The Kier molecular flexibility index (Phi) is 1.81. The van der Waals surface area contributed by atoms with Gasteiger partial charge in [-0.25, -0.2) is 0 Å². The fourth-order valence-corrected chi connectivity index (χ4v) is 1.75. The van der Waals surface area contributed by atoms with E-state index in [0.29, 0.717) is 5.75 Å². The molecule has 0 bridgehead atoms. The lowest BCUT2D eigenvalue weighted by molar-refractivity contribution is 0.252. The van der Waals surface area contributed by atoms with Crippen LogP contribution in [0.2, 0.25) is 0 Å². The lowest BCUT2D eigenvalue weighted by atomic mass is 9.95. The van der Waals surface area contributed by atoms with Gasteiger partial charge in [0.05, 0.1) is 6.61 Å². The third-order valence-electron chi connectivity index (χ3n) is 2.88. The Morgan fingerprint density at radius 1 is 1.38 bits per heavy atom. The van der Waals surface area contributed by atoms with Crippen molar-refractivity contribution in [1.82, 2.24) is 0 Å². The Bertz CT molecular complexity index is 327. The number of phenols is 1. The maximum Gasteiger partial charge on any atom is 0.119 e. The van der Waals surface area contributed by atoms with Crippen LogP contribution in [0.3, 0.4) is 0 Å². The number of rotatable bonds is 2. The first-order valence-corrected chi connectivity index (χ1v) is 4.59. The summed E-state index contributed by atoms with van der Waals surface area (Å²) < 4.78 is 0. The van der Waals surface area contributed by atoms with E-state index in [1.807, 2.05) is 19.1 Å². The van der Waals surface area contributed by atoms with Crippen molar-refractivity contribution in [3.05, 3.63) is 29.3 Å². The molecule has 2 nitrogen and oxygen atoms in total. The highest BCUT2D eigenvalue weighted by atomic mass is 16.3. The van der Waals surface area contributed by atoms with Gasteiger partial charge < -0.3 is 10.2 Å². The second kappa shape index (κ2) is 2.74. The number of benzene rings is 1. The van der Waals surface area contributed by atoms with E-state index in [1.54, 1.807) is 6.07 Å². The summed E-state index contributed by atoms with van der Waals surface area (Å²) in [5.41, 5.74) is 1.83. The highest BCUT2D eigenvalue weighted by molar-refractivity contribution is 5.44. The lowest BCUT2D eigenvalue weighted by Gasteiger charge is -2.14. The van der Waals surface area contributed by atoms with Crippen LogP contribution in [0.15, 0.2) is 18.2 Å². The zero-order valence-corrected chi connectivity index (χ0v) is 7.75. The Labute approximate surface area is 77.8 Å². The van der Waals surface area contributed by atoms with E-state index in [1.165, 1.54) is 0 Å². The van der Waals surface area contributed by atoms with Gasteiger partial charge in [-0.15, -0.1) is 0 Å². The predicted octanol–water partition coefficient (Wildman–Crippen LogP) is 1.72. The van der Waals surface area contributed by atoms with Gasteiger partial charge in [-0.1, -0.05) is 12.1 Å². The molecule has 0 aromatic heterocycles. The number of hydrogen-bond acceptors (Lipinski definition) is 2. The second-order valence-electron chi connectivity index (χ2n) is 3.96. The average Bonchev–Trinajstić information content (AvgIpc) is 2.85. The number of aliphatic hydroxyl groups excluding tert-OH is 1. The quantitative estimate of drug-likeness (QED) is 0.724. The molecule has 0 saturated heterocycles. The zero-order chi connectivity index (χ0) is 9.47. The standard InChI is InChI=1S/C11H14O2/c1-8-2-3-9(10(13)6-8)11(7-12)4-5-11/h2-3,6,12-13H,4-5,7H2,1H3. The van der Waals surface area contributed by atoms with E-state index in [-0.39, 0.29) is 12.0 Å². The van der Waals surface area contributed by atoms with Crippen LogP contribution in [0.1, 0.15) is 24.0 Å². The van der Waals surface area contributed by atoms with E-state index in [4.69, 9.17) is 0 Å². The first kappa shape index (κ1) is 8.57. The van der Waals surface area contributed by atoms with Gasteiger partial charge in [0.15, 0.2) is 0 Å². The zero-order valence-electron chi connectivity index (χ0n) is 7.75. The topological polar surface area (TPSA) is 40.5 Å². The molecule has 1 aliphatic carbocycles. The Hall–Kier alpha value is -1.02. The van der Waals surface area contributed by atoms with E-state index >= 15 is 0 Å². The number of phenolic OH excluding ortho intramolecular Hbond substituents is 1. The number of hydrogen-bond donors (Lipinski definition) is 2. The van der Waals surface area contributed by atoms with Crippen molar-refractivity contribution in [2.75, 3.05) is 6.61 Å². The van der Waals surface area contributed by atoms with Gasteiger partial charge in [-0.3, -0.25) is 0 Å². The van der Waals surface area contributed by atoms with Crippen molar-refractivity contribution in [2.45, 2.75) is 25.2 Å². The van der Waals surface area contributed by atoms with Gasteiger partial charge in [0, 0.05) is 11.0 Å². The van der Waals surface area contributed by atoms with Crippen LogP contribution < -0.4 is 0 Å². The molecule has 1 fully saturated rings. The molecule has 13 heavy (non-hydrogen) atoms. The van der Waals surface area contributed by atoms with Gasteiger partial charge in [0.1, 0.15) is 5.75 Å². The van der Waals surface area contributed by atoms with Gasteiger partial charge in [0.2, 0.25) is 0 Å². The van der Waals surface area contributed by atoms with E-state index in [9.17, 15) is 10.2 Å². The van der Waals surface area contributed by atoms with Gasteiger partial charge in [-0.05, 0) is 31.4 Å². The van der Waals surface area contributed by atoms with Crippen molar-refractivity contribution in [3.8, 4) is 5.75 Å². The normalized spacial score (nSPS) is 18.6. The van der Waals surface area contributed by atoms with E-state index < -0.39 is 0 Å². The van der Waals surface area contributed by atoms with Crippen LogP contribution in [0, 0.1) is 6.92 Å². The molecule has 0 spiro atoms. The summed E-state index contributed by atoms with van der Waals surface area (Å²) in [6, 6.07) is 5.66. The molecule has 2 N–H and O–H groups in total. The summed E-state index contributed by atoms with van der Waals surface area (Å²) in [4.78, 5) is 0. The molecule has 0 aliphatic heterocycles. The summed E-state index contributed by atoms with van der Waals surface area (Å²) in [7, 11) is 0. The van der Waals surface area contributed by atoms with Crippen LogP contribution >= 0.6 is 0 Å². The molecule has 1 saturated carbocycles. The fourth-order valence-electron chi connectivity index (χ4n) is 1.75. The molecule has 0 atom stereocenters. The molecule has 0 amide bonds. The molecule has 2 heteroatoms. The van der Waals surface area contributed by atoms with Gasteiger partial charge >= 0.3 is 0 Å². The second-order valence-corrected chi connectivity index (χ2v) is 3.96. The first-order chi connectivity index (χ1) is 6.18. The maximum atomic E-state index is 9.69. The largest absolute Gasteiger partial charge is 0.508 e. The lowest BCUT2D eigenvalue weighted by Crippen LogP contribution is -2.11. The SMILES string of the molecule is Cc1ccc(C2(CO)CC2)c(O)c1. The molecule has 1 aromatic carbocycles. The fraction of sp³-hybridized carbons (Fsp3) is 0.455. The van der Waals surface area contributed by atoms with E-state index in [2.05, 4.69) is 0 Å². The summed E-state index contributed by atoms with van der Waals surface area (Å²) in [6.07, 6.45) is 1.97. The predicted molar refractivity (Wildman–Crippen MR) is 50.8 cm³/mol. The monoisotopic (exact) mass is 178 g/mol. The smallest absolute Gasteiger partial charge is 0.119 e. The van der Waals surface area contributed by atoms with Crippen molar-refractivity contribution in [3.63, 3.8) is 0 Å². The minimum atomic E-state index is -0.127.